The Morgan fingerprint density at radius 3 is 2.71 bits per heavy atom. The lowest BCUT2D eigenvalue weighted by Gasteiger charge is -2.33. The maximum absolute atomic E-state index is 5.95. The molecule has 2 unspecified atom stereocenters. The minimum absolute atomic E-state index is 0. The van der Waals surface area contributed by atoms with Gasteiger partial charge in [-0.2, -0.15) is 0 Å². The van der Waals surface area contributed by atoms with E-state index < -0.39 is 0 Å². The first kappa shape index (κ1) is 23.4. The molecule has 5 nitrogen and oxygen atoms in total. The summed E-state index contributed by atoms with van der Waals surface area (Å²) in [6.45, 7) is 10.6. The Hall–Kier alpha value is -0.860. The summed E-state index contributed by atoms with van der Waals surface area (Å²) in [6, 6.07) is 10.4. The van der Waals surface area contributed by atoms with E-state index in [-0.39, 0.29) is 24.0 Å². The fourth-order valence-corrected chi connectivity index (χ4v) is 4.25. The maximum Gasteiger partial charge on any atom is 0.193 e. The Labute approximate surface area is 187 Å². The zero-order chi connectivity index (χ0) is 18.9. The molecule has 3 rings (SSSR count). The molecular formula is C22H37IN4O. The molecule has 0 radical (unpaired) electrons. The smallest absolute Gasteiger partial charge is 0.193 e. The number of nitrogens with one attached hydrogen (secondary N) is 1. The highest BCUT2D eigenvalue weighted by Crippen LogP contribution is 2.18. The van der Waals surface area contributed by atoms with E-state index in [9.17, 15) is 0 Å². The second-order valence-electron chi connectivity index (χ2n) is 7.93. The van der Waals surface area contributed by atoms with Gasteiger partial charge in [0, 0.05) is 39.1 Å². The lowest BCUT2D eigenvalue weighted by molar-refractivity contribution is 0.0906. The predicted molar refractivity (Wildman–Crippen MR) is 127 cm³/mol. The van der Waals surface area contributed by atoms with Crippen molar-refractivity contribution >= 4 is 29.9 Å². The molecule has 0 spiro atoms. The van der Waals surface area contributed by atoms with Gasteiger partial charge in [-0.1, -0.05) is 37.3 Å². The number of aliphatic imine (C=N–C) groups is 1. The molecule has 6 heteroatoms. The van der Waals surface area contributed by atoms with E-state index in [1.54, 1.807) is 0 Å². The van der Waals surface area contributed by atoms with E-state index >= 15 is 0 Å². The fraction of sp³-hybridized carbons (Fsp3) is 0.682. The summed E-state index contributed by atoms with van der Waals surface area (Å²) in [6.07, 6.45) is 3.84. The molecule has 2 heterocycles. The van der Waals surface area contributed by atoms with Crippen molar-refractivity contribution in [2.45, 2.75) is 32.8 Å². The Balaban J connectivity index is 0.00000280. The van der Waals surface area contributed by atoms with Crippen LogP contribution in [0, 0.1) is 11.8 Å². The van der Waals surface area contributed by atoms with Crippen LogP contribution in [0.25, 0.3) is 0 Å². The van der Waals surface area contributed by atoms with Gasteiger partial charge in [-0.15, -0.1) is 24.0 Å². The van der Waals surface area contributed by atoms with Crippen LogP contribution in [0.1, 0.15) is 31.7 Å². The first-order valence-corrected chi connectivity index (χ1v) is 10.6. The third-order valence-electron chi connectivity index (χ3n) is 5.86. The van der Waals surface area contributed by atoms with Gasteiger partial charge in [0.25, 0.3) is 0 Å². The minimum Gasteiger partial charge on any atom is -0.376 e. The summed E-state index contributed by atoms with van der Waals surface area (Å²) in [5.74, 6) is 2.40. The molecule has 0 aromatic heterocycles. The molecule has 2 aliphatic heterocycles. The number of halogens is 1. The molecular weight excluding hydrogens is 463 g/mol. The molecule has 158 valence electrons. The van der Waals surface area contributed by atoms with Gasteiger partial charge in [0.15, 0.2) is 5.96 Å². The zero-order valence-electron chi connectivity index (χ0n) is 17.5. The third kappa shape index (κ3) is 7.19. The SMILES string of the molecule is CCN1CCCC(CNC(=NC)N2CCC(COCc3ccccc3)C2)C1.I. The summed E-state index contributed by atoms with van der Waals surface area (Å²) in [5, 5.41) is 3.64. The highest BCUT2D eigenvalue weighted by molar-refractivity contribution is 14.0. The topological polar surface area (TPSA) is 40.1 Å². The van der Waals surface area contributed by atoms with Crippen molar-refractivity contribution in [2.75, 3.05) is 52.9 Å². The molecule has 2 saturated heterocycles. The Morgan fingerprint density at radius 2 is 1.96 bits per heavy atom. The van der Waals surface area contributed by atoms with Crippen molar-refractivity contribution in [2.24, 2.45) is 16.8 Å². The summed E-state index contributed by atoms with van der Waals surface area (Å²) >= 11 is 0. The average Bonchev–Trinajstić information content (AvgIpc) is 3.18. The van der Waals surface area contributed by atoms with Crippen LogP contribution in [-0.4, -0.2) is 68.7 Å². The molecule has 0 bridgehead atoms. The lowest BCUT2D eigenvalue weighted by atomic mass is 9.98. The van der Waals surface area contributed by atoms with Gasteiger partial charge in [-0.3, -0.25) is 4.99 Å². The molecule has 1 aromatic carbocycles. The second-order valence-corrected chi connectivity index (χ2v) is 7.93. The van der Waals surface area contributed by atoms with E-state index in [0.717, 1.165) is 38.1 Å². The molecule has 1 N–H and O–H groups in total. The normalized spacial score (nSPS) is 23.5. The van der Waals surface area contributed by atoms with Crippen LogP contribution >= 0.6 is 24.0 Å². The van der Waals surface area contributed by atoms with Gasteiger partial charge in [-0.05, 0) is 43.8 Å². The van der Waals surface area contributed by atoms with Crippen LogP contribution in [0.3, 0.4) is 0 Å². The summed E-state index contributed by atoms with van der Waals surface area (Å²) < 4.78 is 5.95. The van der Waals surface area contributed by atoms with Gasteiger partial charge in [0.2, 0.25) is 0 Å². The standard InChI is InChI=1S/C22H36N4O.HI/c1-3-25-12-7-10-20(15-25)14-24-22(23-2)26-13-11-21(16-26)18-27-17-19-8-5-4-6-9-19;/h4-6,8-9,20-21H,3,7,10-18H2,1-2H3,(H,23,24);1H. The van der Waals surface area contributed by atoms with E-state index in [0.29, 0.717) is 12.5 Å². The number of nitrogens with zero attached hydrogens (tertiary/aromatic N) is 3. The second kappa shape index (κ2) is 12.6. The van der Waals surface area contributed by atoms with Gasteiger partial charge >= 0.3 is 0 Å². The van der Waals surface area contributed by atoms with Gasteiger partial charge < -0.3 is 19.9 Å². The predicted octanol–water partition coefficient (Wildman–Crippen LogP) is 3.45. The Morgan fingerprint density at radius 1 is 1.14 bits per heavy atom. The molecule has 2 fully saturated rings. The number of rotatable bonds is 7. The quantitative estimate of drug-likeness (QED) is 0.354. The number of hydrogen-bond donors (Lipinski definition) is 1. The highest BCUT2D eigenvalue weighted by Gasteiger charge is 2.26. The lowest BCUT2D eigenvalue weighted by Crippen LogP contribution is -2.45. The zero-order valence-corrected chi connectivity index (χ0v) is 19.8. The summed E-state index contributed by atoms with van der Waals surface area (Å²) in [5.41, 5.74) is 1.25. The molecule has 2 atom stereocenters. The number of piperidine rings is 1. The highest BCUT2D eigenvalue weighted by atomic mass is 127. The number of benzene rings is 1. The van der Waals surface area contributed by atoms with Gasteiger partial charge in [0.05, 0.1) is 13.2 Å². The van der Waals surface area contributed by atoms with Crippen LogP contribution in [0.4, 0.5) is 0 Å². The number of hydrogen-bond acceptors (Lipinski definition) is 3. The Kier molecular flexibility index (Phi) is 10.6. The van der Waals surface area contributed by atoms with Crippen molar-refractivity contribution in [1.29, 1.82) is 0 Å². The van der Waals surface area contributed by atoms with Crippen molar-refractivity contribution in [3.05, 3.63) is 35.9 Å². The van der Waals surface area contributed by atoms with E-state index in [1.165, 1.54) is 44.5 Å². The molecule has 2 aliphatic rings. The largest absolute Gasteiger partial charge is 0.376 e. The minimum atomic E-state index is 0. The van der Waals surface area contributed by atoms with Crippen molar-refractivity contribution < 1.29 is 4.74 Å². The van der Waals surface area contributed by atoms with Crippen molar-refractivity contribution in [3.63, 3.8) is 0 Å². The van der Waals surface area contributed by atoms with E-state index in [4.69, 9.17) is 4.74 Å². The Bertz CT molecular complexity index is 583. The molecule has 1 aromatic rings. The third-order valence-corrected chi connectivity index (χ3v) is 5.86. The first-order chi connectivity index (χ1) is 13.3. The molecule has 0 aliphatic carbocycles. The summed E-state index contributed by atoms with van der Waals surface area (Å²) in [7, 11) is 1.90. The van der Waals surface area contributed by atoms with Crippen molar-refractivity contribution in [1.82, 2.24) is 15.1 Å². The first-order valence-electron chi connectivity index (χ1n) is 10.6. The van der Waals surface area contributed by atoms with Crippen LogP contribution in [0.15, 0.2) is 35.3 Å². The van der Waals surface area contributed by atoms with Gasteiger partial charge in [0.1, 0.15) is 0 Å². The number of guanidine groups is 1. The van der Waals surface area contributed by atoms with Crippen LogP contribution in [0.2, 0.25) is 0 Å². The van der Waals surface area contributed by atoms with Gasteiger partial charge in [-0.25, -0.2) is 0 Å². The number of ether oxygens (including phenoxy) is 1. The van der Waals surface area contributed by atoms with E-state index in [1.807, 2.05) is 13.1 Å². The number of likely N-dealkylation sites (tertiary alicyclic amines) is 2. The molecule has 0 saturated carbocycles. The monoisotopic (exact) mass is 500 g/mol. The van der Waals surface area contributed by atoms with E-state index in [2.05, 4.69) is 51.3 Å². The van der Waals surface area contributed by atoms with Crippen LogP contribution < -0.4 is 5.32 Å². The van der Waals surface area contributed by atoms with Crippen LogP contribution in [0.5, 0.6) is 0 Å². The van der Waals surface area contributed by atoms with Crippen molar-refractivity contribution in [3.8, 4) is 0 Å². The molecule has 0 amide bonds. The average molecular weight is 500 g/mol. The fourth-order valence-electron chi connectivity index (χ4n) is 4.25. The van der Waals surface area contributed by atoms with Crippen LogP contribution in [-0.2, 0) is 11.3 Å². The molecule has 28 heavy (non-hydrogen) atoms. The maximum atomic E-state index is 5.95. The summed E-state index contributed by atoms with van der Waals surface area (Å²) in [4.78, 5) is 9.50.